The van der Waals surface area contributed by atoms with Crippen molar-refractivity contribution < 1.29 is 9.59 Å². The number of thioether (sulfide) groups is 1. The zero-order chi connectivity index (χ0) is 26.7. The number of amides is 2. The van der Waals surface area contributed by atoms with Gasteiger partial charge in [0.25, 0.3) is 5.56 Å². The third-order valence-corrected chi connectivity index (χ3v) is 7.15. The van der Waals surface area contributed by atoms with Gasteiger partial charge in [-0.05, 0) is 54.7 Å². The molecule has 1 heterocycles. The smallest absolute Gasteiger partial charge is 0.262 e. The maximum atomic E-state index is 13.3. The minimum Gasteiger partial charge on any atom is -0.356 e. The fraction of sp³-hybridized carbons (Fsp3) is 0.267. The number of nitrogens with one attached hydrogen (secondary N) is 2. The second-order valence-corrected chi connectivity index (χ2v) is 9.89. The van der Waals surface area contributed by atoms with E-state index >= 15 is 0 Å². The van der Waals surface area contributed by atoms with Gasteiger partial charge in [0.2, 0.25) is 11.8 Å². The number of carbonyl (C=O) groups is 2. The predicted octanol–water partition coefficient (Wildman–Crippen LogP) is 4.83. The highest BCUT2D eigenvalue weighted by molar-refractivity contribution is 7.99. The van der Waals surface area contributed by atoms with E-state index in [1.807, 2.05) is 60.7 Å². The maximum absolute atomic E-state index is 13.3. The second kappa shape index (κ2) is 13.6. The van der Waals surface area contributed by atoms with E-state index in [1.54, 1.807) is 22.8 Å². The Labute approximate surface area is 226 Å². The van der Waals surface area contributed by atoms with Crippen LogP contribution in [0, 0.1) is 0 Å². The van der Waals surface area contributed by atoms with Gasteiger partial charge in [-0.2, -0.15) is 0 Å². The molecular weight excluding hydrogens is 496 g/mol. The number of hydrogen-bond donors (Lipinski definition) is 2. The molecule has 0 aliphatic heterocycles. The monoisotopic (exact) mass is 528 g/mol. The van der Waals surface area contributed by atoms with Crippen LogP contribution in [0.15, 0.2) is 88.8 Å². The molecule has 4 aromatic rings. The molecule has 0 unspecified atom stereocenters. The summed E-state index contributed by atoms with van der Waals surface area (Å²) in [6.07, 6.45) is 2.49. The molecule has 0 aliphatic carbocycles. The molecule has 2 N–H and O–H groups in total. The van der Waals surface area contributed by atoms with Crippen molar-refractivity contribution in [2.45, 2.75) is 44.3 Å². The van der Waals surface area contributed by atoms with Gasteiger partial charge in [0.05, 0.1) is 16.7 Å². The predicted molar refractivity (Wildman–Crippen MR) is 154 cm³/mol. The fourth-order valence-corrected chi connectivity index (χ4v) is 4.91. The minimum absolute atomic E-state index is 0.0506. The lowest BCUT2D eigenvalue weighted by Gasteiger charge is -2.13. The summed E-state index contributed by atoms with van der Waals surface area (Å²) in [5.41, 5.74) is 3.52. The van der Waals surface area contributed by atoms with Gasteiger partial charge in [0, 0.05) is 25.2 Å². The van der Waals surface area contributed by atoms with Crippen LogP contribution in [0.2, 0.25) is 0 Å². The molecule has 0 saturated heterocycles. The molecule has 0 aliphatic rings. The van der Waals surface area contributed by atoms with E-state index in [4.69, 9.17) is 0 Å². The Morgan fingerprint density at radius 2 is 1.63 bits per heavy atom. The fourth-order valence-electron chi connectivity index (χ4n) is 4.08. The van der Waals surface area contributed by atoms with Crippen molar-refractivity contribution in [2.24, 2.45) is 0 Å². The Balaban J connectivity index is 1.36. The molecule has 3 aromatic carbocycles. The number of fused-ring (bicyclic) bond motifs is 1. The summed E-state index contributed by atoms with van der Waals surface area (Å²) in [7, 11) is 0. The van der Waals surface area contributed by atoms with Crippen LogP contribution in [-0.4, -0.2) is 33.7 Å². The molecule has 0 saturated carbocycles. The van der Waals surface area contributed by atoms with Crippen LogP contribution in [0.4, 0.5) is 5.69 Å². The number of rotatable bonds is 12. The van der Waals surface area contributed by atoms with Gasteiger partial charge in [-0.25, -0.2) is 4.98 Å². The number of carbonyl (C=O) groups excluding carboxylic acids is 2. The number of benzene rings is 3. The number of hydrogen-bond acceptors (Lipinski definition) is 5. The van der Waals surface area contributed by atoms with Crippen molar-refractivity contribution in [1.82, 2.24) is 14.9 Å². The van der Waals surface area contributed by atoms with E-state index < -0.39 is 0 Å². The Morgan fingerprint density at radius 3 is 2.39 bits per heavy atom. The van der Waals surface area contributed by atoms with Crippen LogP contribution >= 0.6 is 11.8 Å². The van der Waals surface area contributed by atoms with Crippen LogP contribution < -0.4 is 16.2 Å². The number of aryl methyl sites for hydroxylation is 1. The van der Waals surface area contributed by atoms with Crippen molar-refractivity contribution in [3.05, 3.63) is 100 Å². The first-order chi connectivity index (χ1) is 18.5. The topological polar surface area (TPSA) is 93.1 Å². The quantitative estimate of drug-likeness (QED) is 0.203. The standard InChI is InChI=1S/C30H32N4O3S/c1-2-22-14-16-24(17-15-22)32-28(36)21-38-30-33-26-12-7-6-11-25(26)29(37)34(30)20-8-13-27(35)31-19-18-23-9-4-3-5-10-23/h3-7,9-12,14-17H,2,8,13,18-21H2,1H3,(H,31,35)(H,32,36). The molecule has 0 radical (unpaired) electrons. The number of anilines is 1. The minimum atomic E-state index is -0.175. The van der Waals surface area contributed by atoms with E-state index in [9.17, 15) is 14.4 Å². The molecule has 2 amide bonds. The average molecular weight is 529 g/mol. The molecule has 1 aromatic heterocycles. The molecule has 196 valence electrons. The second-order valence-electron chi connectivity index (χ2n) is 8.94. The van der Waals surface area contributed by atoms with Crippen molar-refractivity contribution in [1.29, 1.82) is 0 Å². The molecule has 7 nitrogen and oxygen atoms in total. The van der Waals surface area contributed by atoms with Gasteiger partial charge in [-0.3, -0.25) is 19.0 Å². The molecule has 4 rings (SSSR count). The van der Waals surface area contributed by atoms with Gasteiger partial charge in [0.1, 0.15) is 0 Å². The Bertz CT molecular complexity index is 1440. The van der Waals surface area contributed by atoms with E-state index in [1.165, 1.54) is 22.9 Å². The highest BCUT2D eigenvalue weighted by Crippen LogP contribution is 2.19. The molecule has 0 atom stereocenters. The lowest BCUT2D eigenvalue weighted by molar-refractivity contribution is -0.121. The Kier molecular flexibility index (Phi) is 9.70. The Hall–Kier alpha value is -3.91. The van der Waals surface area contributed by atoms with Gasteiger partial charge >= 0.3 is 0 Å². The van der Waals surface area contributed by atoms with E-state index in [0.29, 0.717) is 42.0 Å². The first-order valence-corrected chi connectivity index (χ1v) is 13.8. The zero-order valence-electron chi connectivity index (χ0n) is 21.5. The number of nitrogens with zero attached hydrogens (tertiary/aromatic N) is 2. The summed E-state index contributed by atoms with van der Waals surface area (Å²) in [5, 5.41) is 6.83. The van der Waals surface area contributed by atoms with Crippen LogP contribution in [0.25, 0.3) is 10.9 Å². The largest absolute Gasteiger partial charge is 0.356 e. The highest BCUT2D eigenvalue weighted by Gasteiger charge is 2.14. The molecule has 0 bridgehead atoms. The van der Waals surface area contributed by atoms with Gasteiger partial charge in [-0.15, -0.1) is 0 Å². The number of aromatic nitrogens is 2. The van der Waals surface area contributed by atoms with Crippen LogP contribution in [0.1, 0.15) is 30.9 Å². The van der Waals surface area contributed by atoms with E-state index in [2.05, 4.69) is 22.5 Å². The third kappa shape index (κ3) is 7.55. The Morgan fingerprint density at radius 1 is 0.895 bits per heavy atom. The maximum Gasteiger partial charge on any atom is 0.262 e. The highest BCUT2D eigenvalue weighted by atomic mass is 32.2. The summed E-state index contributed by atoms with van der Waals surface area (Å²) in [5.74, 6) is -0.114. The average Bonchev–Trinajstić information content (AvgIpc) is 2.94. The first-order valence-electron chi connectivity index (χ1n) is 12.9. The van der Waals surface area contributed by atoms with Crippen molar-refractivity contribution in [3.63, 3.8) is 0 Å². The van der Waals surface area contributed by atoms with Crippen LogP contribution in [0.5, 0.6) is 0 Å². The molecular formula is C30H32N4O3S. The van der Waals surface area contributed by atoms with Crippen LogP contribution in [0.3, 0.4) is 0 Å². The SMILES string of the molecule is CCc1ccc(NC(=O)CSc2nc3ccccc3c(=O)n2CCCC(=O)NCCc2ccccc2)cc1. The summed E-state index contributed by atoms with van der Waals surface area (Å²) in [4.78, 5) is 42.9. The number of para-hydroxylation sites is 1. The van der Waals surface area contributed by atoms with E-state index in [-0.39, 0.29) is 23.1 Å². The van der Waals surface area contributed by atoms with Gasteiger partial charge in [0.15, 0.2) is 5.16 Å². The first kappa shape index (κ1) is 27.1. The summed E-state index contributed by atoms with van der Waals surface area (Å²) in [6.45, 7) is 2.99. The van der Waals surface area contributed by atoms with Crippen molar-refractivity contribution >= 4 is 40.2 Å². The molecule has 8 heteroatoms. The van der Waals surface area contributed by atoms with Crippen molar-refractivity contribution in [3.8, 4) is 0 Å². The van der Waals surface area contributed by atoms with Gasteiger partial charge in [-0.1, -0.05) is 73.3 Å². The molecule has 0 fully saturated rings. The third-order valence-electron chi connectivity index (χ3n) is 6.17. The lowest BCUT2D eigenvalue weighted by Crippen LogP contribution is -2.27. The summed E-state index contributed by atoms with van der Waals surface area (Å²) < 4.78 is 1.58. The van der Waals surface area contributed by atoms with Crippen molar-refractivity contribution in [2.75, 3.05) is 17.6 Å². The summed E-state index contributed by atoms with van der Waals surface area (Å²) >= 11 is 1.22. The molecule has 0 spiro atoms. The van der Waals surface area contributed by atoms with E-state index in [0.717, 1.165) is 18.5 Å². The zero-order valence-corrected chi connectivity index (χ0v) is 22.3. The van der Waals surface area contributed by atoms with Gasteiger partial charge < -0.3 is 10.6 Å². The summed E-state index contributed by atoms with van der Waals surface area (Å²) in [6, 6.07) is 24.9. The normalized spacial score (nSPS) is 10.9. The lowest BCUT2D eigenvalue weighted by atomic mass is 10.1. The molecule has 38 heavy (non-hydrogen) atoms. The van der Waals surface area contributed by atoms with Crippen LogP contribution in [-0.2, 0) is 29.0 Å².